The van der Waals surface area contributed by atoms with Gasteiger partial charge in [-0.1, -0.05) is 32.1 Å². The van der Waals surface area contributed by atoms with Crippen LogP contribution >= 0.6 is 0 Å². The fourth-order valence-electron chi connectivity index (χ4n) is 2.90. The molecule has 1 atom stereocenters. The number of nitrogens with zero attached hydrogens (tertiary/aromatic N) is 3. The highest BCUT2D eigenvalue weighted by Crippen LogP contribution is 2.43. The van der Waals surface area contributed by atoms with Crippen LogP contribution < -0.4 is 0 Å². The Morgan fingerprint density at radius 3 is 2.44 bits per heavy atom. The molecular formula is C14H21N3O. The summed E-state index contributed by atoms with van der Waals surface area (Å²) in [7, 11) is 1.86. The van der Waals surface area contributed by atoms with E-state index in [-0.39, 0.29) is 0 Å². The van der Waals surface area contributed by atoms with Crippen molar-refractivity contribution < 1.29 is 5.11 Å². The summed E-state index contributed by atoms with van der Waals surface area (Å²) in [6, 6.07) is 2.41. The van der Waals surface area contributed by atoms with Crippen LogP contribution in [0.2, 0.25) is 0 Å². The second-order valence-electron chi connectivity index (χ2n) is 5.37. The smallest absolute Gasteiger partial charge is 0.114 e. The highest BCUT2D eigenvalue weighted by Gasteiger charge is 2.40. The molecule has 2 rings (SSSR count). The van der Waals surface area contributed by atoms with Crippen LogP contribution in [0.3, 0.4) is 0 Å². The monoisotopic (exact) mass is 247 g/mol. The molecule has 4 nitrogen and oxygen atoms in total. The Balaban J connectivity index is 2.25. The second kappa shape index (κ2) is 5.53. The first-order valence-electron chi connectivity index (χ1n) is 6.75. The first-order chi connectivity index (χ1) is 8.69. The lowest BCUT2D eigenvalue weighted by atomic mass is 9.72. The quantitative estimate of drug-likeness (QED) is 0.874. The molecule has 1 unspecified atom stereocenters. The summed E-state index contributed by atoms with van der Waals surface area (Å²) in [6.45, 7) is 0. The van der Waals surface area contributed by atoms with Crippen molar-refractivity contribution in [2.24, 2.45) is 12.5 Å². The van der Waals surface area contributed by atoms with Gasteiger partial charge in [0.05, 0.1) is 29.7 Å². The maximum absolute atomic E-state index is 10.6. The largest absolute Gasteiger partial charge is 0.385 e. The van der Waals surface area contributed by atoms with Crippen LogP contribution in [0.4, 0.5) is 0 Å². The van der Waals surface area contributed by atoms with Crippen LogP contribution in [0.25, 0.3) is 0 Å². The number of imidazole rings is 1. The van der Waals surface area contributed by atoms with E-state index in [9.17, 15) is 10.4 Å². The van der Waals surface area contributed by atoms with Crippen molar-refractivity contribution >= 4 is 0 Å². The number of hydrogen-bond donors (Lipinski definition) is 1. The van der Waals surface area contributed by atoms with Gasteiger partial charge in [-0.3, -0.25) is 0 Å². The Labute approximate surface area is 108 Å². The third-order valence-corrected chi connectivity index (χ3v) is 4.13. The third-order valence-electron chi connectivity index (χ3n) is 4.13. The van der Waals surface area contributed by atoms with Crippen molar-refractivity contribution in [3.8, 4) is 6.07 Å². The second-order valence-corrected chi connectivity index (χ2v) is 5.37. The van der Waals surface area contributed by atoms with Gasteiger partial charge in [0.15, 0.2) is 0 Å². The number of aliphatic hydroxyl groups is 1. The average Bonchev–Trinajstić information content (AvgIpc) is 2.75. The van der Waals surface area contributed by atoms with E-state index < -0.39 is 11.5 Å². The van der Waals surface area contributed by atoms with Gasteiger partial charge in [0.1, 0.15) is 6.10 Å². The van der Waals surface area contributed by atoms with E-state index in [1.54, 1.807) is 12.5 Å². The molecule has 1 saturated carbocycles. The van der Waals surface area contributed by atoms with Gasteiger partial charge in [-0.15, -0.1) is 0 Å². The molecular weight excluding hydrogens is 226 g/mol. The number of hydrogen-bond acceptors (Lipinski definition) is 3. The molecule has 1 heterocycles. The van der Waals surface area contributed by atoms with Crippen LogP contribution in [-0.2, 0) is 7.05 Å². The lowest BCUT2D eigenvalue weighted by Gasteiger charge is -2.33. The molecule has 0 aliphatic heterocycles. The molecule has 98 valence electrons. The van der Waals surface area contributed by atoms with E-state index >= 15 is 0 Å². The zero-order valence-electron chi connectivity index (χ0n) is 11.0. The summed E-state index contributed by atoms with van der Waals surface area (Å²) in [6.07, 6.45) is 9.84. The maximum Gasteiger partial charge on any atom is 0.114 e. The van der Waals surface area contributed by atoms with Crippen LogP contribution in [-0.4, -0.2) is 14.7 Å². The van der Waals surface area contributed by atoms with Crippen molar-refractivity contribution in [1.82, 2.24) is 9.55 Å². The van der Waals surface area contributed by atoms with Gasteiger partial charge in [-0.25, -0.2) is 4.98 Å². The van der Waals surface area contributed by atoms with Gasteiger partial charge in [-0.05, 0) is 12.8 Å². The number of aryl methyl sites for hydroxylation is 1. The van der Waals surface area contributed by atoms with Crippen LogP contribution in [0.15, 0.2) is 12.5 Å². The molecule has 1 aromatic rings. The van der Waals surface area contributed by atoms with Gasteiger partial charge in [0, 0.05) is 7.05 Å². The normalized spacial score (nSPS) is 21.6. The van der Waals surface area contributed by atoms with Crippen molar-refractivity contribution in [3.05, 3.63) is 18.2 Å². The lowest BCUT2D eigenvalue weighted by molar-refractivity contribution is 0.0379. The van der Waals surface area contributed by atoms with Crippen LogP contribution in [0, 0.1) is 16.7 Å². The number of rotatable bonds is 2. The summed E-state index contributed by atoms with van der Waals surface area (Å²) < 4.78 is 1.81. The van der Waals surface area contributed by atoms with E-state index in [1.807, 2.05) is 11.6 Å². The zero-order chi connectivity index (χ0) is 13.0. The molecule has 1 N–H and O–H groups in total. The van der Waals surface area contributed by atoms with Gasteiger partial charge in [0.2, 0.25) is 0 Å². The Morgan fingerprint density at radius 2 is 1.94 bits per heavy atom. The molecule has 0 amide bonds. The lowest BCUT2D eigenvalue weighted by Crippen LogP contribution is -2.29. The number of aromatic nitrogens is 2. The van der Waals surface area contributed by atoms with E-state index in [2.05, 4.69) is 11.1 Å². The van der Waals surface area contributed by atoms with E-state index in [0.717, 1.165) is 31.4 Å². The Bertz CT molecular complexity index is 424. The van der Waals surface area contributed by atoms with Gasteiger partial charge >= 0.3 is 0 Å². The number of nitriles is 1. The molecule has 1 fully saturated rings. The molecule has 0 bridgehead atoms. The maximum atomic E-state index is 10.6. The van der Waals surface area contributed by atoms with E-state index in [4.69, 9.17) is 0 Å². The van der Waals surface area contributed by atoms with Gasteiger partial charge in [-0.2, -0.15) is 5.26 Å². The van der Waals surface area contributed by atoms with E-state index in [0.29, 0.717) is 0 Å². The molecule has 1 aliphatic carbocycles. The summed E-state index contributed by atoms with van der Waals surface area (Å²) in [5.74, 6) is 0. The predicted octanol–water partition coefficient (Wildman–Crippen LogP) is 2.71. The third kappa shape index (κ3) is 2.41. The van der Waals surface area contributed by atoms with Crippen LogP contribution in [0.1, 0.15) is 56.7 Å². The molecule has 0 saturated heterocycles. The fraction of sp³-hybridized carbons (Fsp3) is 0.714. The first-order valence-corrected chi connectivity index (χ1v) is 6.75. The minimum atomic E-state index is -0.729. The van der Waals surface area contributed by atoms with Gasteiger partial charge < -0.3 is 9.67 Å². The van der Waals surface area contributed by atoms with Crippen molar-refractivity contribution in [2.45, 2.75) is 51.0 Å². The number of aliphatic hydroxyl groups excluding tert-OH is 1. The molecule has 4 heteroatoms. The topological polar surface area (TPSA) is 61.8 Å². The van der Waals surface area contributed by atoms with E-state index in [1.165, 1.54) is 19.3 Å². The minimum Gasteiger partial charge on any atom is -0.385 e. The SMILES string of the molecule is Cn1cncc1C(O)C1(C#N)CCCCCCC1. The summed E-state index contributed by atoms with van der Waals surface area (Å²) in [5.41, 5.74) is 0.117. The van der Waals surface area contributed by atoms with Gasteiger partial charge in [0.25, 0.3) is 0 Å². The van der Waals surface area contributed by atoms with Crippen molar-refractivity contribution in [1.29, 1.82) is 5.26 Å². The molecule has 0 aromatic carbocycles. The summed E-state index contributed by atoms with van der Waals surface area (Å²) in [4.78, 5) is 4.04. The highest BCUT2D eigenvalue weighted by molar-refractivity contribution is 5.14. The summed E-state index contributed by atoms with van der Waals surface area (Å²) >= 11 is 0. The Kier molecular flexibility index (Phi) is 4.03. The molecule has 18 heavy (non-hydrogen) atoms. The average molecular weight is 247 g/mol. The molecule has 1 aromatic heterocycles. The van der Waals surface area contributed by atoms with Crippen molar-refractivity contribution in [2.75, 3.05) is 0 Å². The Morgan fingerprint density at radius 1 is 1.33 bits per heavy atom. The molecule has 0 spiro atoms. The highest BCUT2D eigenvalue weighted by atomic mass is 16.3. The molecule has 1 aliphatic rings. The van der Waals surface area contributed by atoms with Crippen molar-refractivity contribution in [3.63, 3.8) is 0 Å². The first kappa shape index (κ1) is 13.1. The van der Waals surface area contributed by atoms with Crippen LogP contribution in [0.5, 0.6) is 0 Å². The minimum absolute atomic E-state index is 0.631. The predicted molar refractivity (Wildman–Crippen MR) is 68.5 cm³/mol. The fourth-order valence-corrected chi connectivity index (χ4v) is 2.90. The Hall–Kier alpha value is -1.34. The molecule has 0 radical (unpaired) electrons. The standard InChI is InChI=1S/C14H21N3O/c1-17-11-16-9-12(17)13(18)14(10-15)7-5-3-2-4-6-8-14/h9,11,13,18H,2-8H2,1H3. The summed E-state index contributed by atoms with van der Waals surface area (Å²) in [5, 5.41) is 20.2. The zero-order valence-corrected chi connectivity index (χ0v) is 11.0.